The lowest BCUT2D eigenvalue weighted by molar-refractivity contribution is 0.971. The standard InChI is InChI=1S/C52H34N4/c1-4-15-35(16-5-1)46-33-39(34-47(53-46)36-27-29-40(30-28-36)56-48-25-12-10-21-43(48)44-22-11-13-26-49(44)56)41-23-14-24-45-42(41)31-32-55-52(45)50(37-17-6-2-7-18-37)51(54-55)38-19-8-3-9-20-38/h1-34H. The highest BCUT2D eigenvalue weighted by atomic mass is 15.2. The highest BCUT2D eigenvalue weighted by molar-refractivity contribution is 6.11. The van der Waals surface area contributed by atoms with Crippen LogP contribution in [0.3, 0.4) is 0 Å². The molecule has 0 unspecified atom stereocenters. The van der Waals surface area contributed by atoms with Gasteiger partial charge in [-0.2, -0.15) is 5.10 Å². The first kappa shape index (κ1) is 31.9. The lowest BCUT2D eigenvalue weighted by Crippen LogP contribution is -1.95. The van der Waals surface area contributed by atoms with Crippen molar-refractivity contribution in [3.05, 3.63) is 206 Å². The third kappa shape index (κ3) is 5.23. The number of hydrogen-bond acceptors (Lipinski definition) is 2. The molecule has 0 spiro atoms. The maximum absolute atomic E-state index is 5.29. The minimum atomic E-state index is 0.925. The molecule has 7 aromatic carbocycles. The normalized spacial score (nSPS) is 11.6. The Hall–Kier alpha value is -7.56. The molecule has 4 aromatic heterocycles. The second-order valence-electron chi connectivity index (χ2n) is 14.2. The molecule has 0 radical (unpaired) electrons. The average molecular weight is 715 g/mol. The van der Waals surface area contributed by atoms with Crippen LogP contribution in [0.1, 0.15) is 0 Å². The van der Waals surface area contributed by atoms with Crippen molar-refractivity contribution in [3.8, 4) is 61.7 Å². The molecular weight excluding hydrogens is 681 g/mol. The van der Waals surface area contributed by atoms with Crippen LogP contribution in [0.2, 0.25) is 0 Å². The maximum Gasteiger partial charge on any atom is 0.101 e. The SMILES string of the molecule is c1ccc(-c2cc(-c3cccc4c3ccn3nc(-c5ccccc5)c(-c5ccccc5)c43)cc(-c3ccc(-n4c5ccccc5c5ccccc54)cc3)n2)cc1. The number of fused-ring (bicyclic) bond motifs is 6. The van der Waals surface area contributed by atoms with E-state index in [1.165, 1.54) is 21.8 Å². The van der Waals surface area contributed by atoms with Crippen LogP contribution in [0.15, 0.2) is 206 Å². The minimum Gasteiger partial charge on any atom is -0.309 e. The Morgan fingerprint density at radius 3 is 1.55 bits per heavy atom. The van der Waals surface area contributed by atoms with Gasteiger partial charge in [-0.15, -0.1) is 0 Å². The zero-order valence-electron chi connectivity index (χ0n) is 30.4. The van der Waals surface area contributed by atoms with Crippen LogP contribution >= 0.6 is 0 Å². The molecule has 0 saturated carbocycles. The number of hydrogen-bond donors (Lipinski definition) is 0. The molecule has 0 fully saturated rings. The Kier molecular flexibility index (Phi) is 7.46. The highest BCUT2D eigenvalue weighted by Crippen LogP contribution is 2.41. The summed E-state index contributed by atoms with van der Waals surface area (Å²) >= 11 is 0. The van der Waals surface area contributed by atoms with E-state index in [0.29, 0.717) is 0 Å². The number of aromatic nitrogens is 4. The Balaban J connectivity index is 1.09. The van der Waals surface area contributed by atoms with Gasteiger partial charge in [0.1, 0.15) is 5.69 Å². The first-order chi connectivity index (χ1) is 27.8. The van der Waals surface area contributed by atoms with Gasteiger partial charge < -0.3 is 4.57 Å². The van der Waals surface area contributed by atoms with Gasteiger partial charge in [-0.3, -0.25) is 0 Å². The number of nitrogens with zero attached hydrogens (tertiary/aromatic N) is 4. The Morgan fingerprint density at radius 1 is 0.375 bits per heavy atom. The van der Waals surface area contributed by atoms with E-state index in [9.17, 15) is 0 Å². The molecule has 0 amide bonds. The van der Waals surface area contributed by atoms with Crippen LogP contribution in [0.5, 0.6) is 0 Å². The van der Waals surface area contributed by atoms with Crippen molar-refractivity contribution in [2.45, 2.75) is 0 Å². The molecule has 4 heterocycles. The highest BCUT2D eigenvalue weighted by Gasteiger charge is 2.20. The molecule has 0 aliphatic heterocycles. The van der Waals surface area contributed by atoms with Crippen molar-refractivity contribution in [1.82, 2.24) is 19.2 Å². The van der Waals surface area contributed by atoms with E-state index < -0.39 is 0 Å². The molecule has 262 valence electrons. The monoisotopic (exact) mass is 714 g/mol. The van der Waals surface area contributed by atoms with Crippen LogP contribution < -0.4 is 0 Å². The molecular formula is C52H34N4. The molecule has 56 heavy (non-hydrogen) atoms. The molecule has 0 atom stereocenters. The van der Waals surface area contributed by atoms with Crippen molar-refractivity contribution in [1.29, 1.82) is 0 Å². The van der Waals surface area contributed by atoms with Crippen LogP contribution in [-0.2, 0) is 0 Å². The summed E-state index contributed by atoms with van der Waals surface area (Å²) in [5.74, 6) is 0. The topological polar surface area (TPSA) is 35.1 Å². The zero-order valence-corrected chi connectivity index (χ0v) is 30.4. The molecule has 11 rings (SSSR count). The van der Waals surface area contributed by atoms with Gasteiger partial charge in [0.25, 0.3) is 0 Å². The summed E-state index contributed by atoms with van der Waals surface area (Å²) in [6.07, 6.45) is 2.10. The van der Waals surface area contributed by atoms with Crippen LogP contribution in [0, 0.1) is 0 Å². The molecule has 0 N–H and O–H groups in total. The fourth-order valence-corrected chi connectivity index (χ4v) is 8.40. The third-order valence-corrected chi connectivity index (χ3v) is 11.0. The molecule has 4 nitrogen and oxygen atoms in total. The summed E-state index contributed by atoms with van der Waals surface area (Å²) in [7, 11) is 0. The van der Waals surface area contributed by atoms with E-state index in [4.69, 9.17) is 10.1 Å². The summed E-state index contributed by atoms with van der Waals surface area (Å²) in [6.45, 7) is 0. The second kappa shape index (κ2) is 13.1. The van der Waals surface area contributed by atoms with E-state index in [2.05, 4.69) is 211 Å². The van der Waals surface area contributed by atoms with Gasteiger partial charge in [0, 0.05) is 50.3 Å². The lowest BCUT2D eigenvalue weighted by Gasteiger charge is -2.14. The number of benzene rings is 7. The molecule has 0 aliphatic rings. The van der Waals surface area contributed by atoms with Crippen molar-refractivity contribution in [2.24, 2.45) is 0 Å². The minimum absolute atomic E-state index is 0.925. The fourth-order valence-electron chi connectivity index (χ4n) is 8.40. The Bertz CT molecular complexity index is 3160. The molecule has 0 saturated heterocycles. The van der Waals surface area contributed by atoms with Gasteiger partial charge >= 0.3 is 0 Å². The number of para-hydroxylation sites is 2. The van der Waals surface area contributed by atoms with Gasteiger partial charge in [-0.25, -0.2) is 9.50 Å². The van der Waals surface area contributed by atoms with Crippen molar-refractivity contribution in [2.75, 3.05) is 0 Å². The summed E-state index contributed by atoms with van der Waals surface area (Å²) in [4.78, 5) is 5.29. The zero-order chi connectivity index (χ0) is 37.0. The molecule has 11 aromatic rings. The smallest absolute Gasteiger partial charge is 0.101 e. The van der Waals surface area contributed by atoms with Gasteiger partial charge in [0.05, 0.1) is 27.9 Å². The number of rotatable bonds is 6. The quantitative estimate of drug-likeness (QED) is 0.172. The summed E-state index contributed by atoms with van der Waals surface area (Å²) in [5, 5.41) is 10.0. The second-order valence-corrected chi connectivity index (χ2v) is 14.2. The van der Waals surface area contributed by atoms with E-state index >= 15 is 0 Å². The van der Waals surface area contributed by atoms with Gasteiger partial charge in [-0.05, 0) is 64.5 Å². The van der Waals surface area contributed by atoms with Crippen molar-refractivity contribution >= 4 is 38.1 Å². The maximum atomic E-state index is 5.29. The van der Waals surface area contributed by atoms with E-state index in [1.807, 2.05) is 4.52 Å². The van der Waals surface area contributed by atoms with Gasteiger partial charge in [-0.1, -0.05) is 158 Å². The first-order valence-corrected chi connectivity index (χ1v) is 19.0. The van der Waals surface area contributed by atoms with Gasteiger partial charge in [0.15, 0.2) is 0 Å². The lowest BCUT2D eigenvalue weighted by atomic mass is 9.93. The first-order valence-electron chi connectivity index (χ1n) is 19.0. The molecule has 0 aliphatic carbocycles. The van der Waals surface area contributed by atoms with Crippen LogP contribution in [0.25, 0.3) is 99.8 Å². The molecule has 0 bridgehead atoms. The average Bonchev–Trinajstić information content (AvgIpc) is 3.84. The van der Waals surface area contributed by atoms with Crippen molar-refractivity contribution < 1.29 is 0 Å². The van der Waals surface area contributed by atoms with Gasteiger partial charge in [0.2, 0.25) is 0 Å². The van der Waals surface area contributed by atoms with E-state index in [1.54, 1.807) is 0 Å². The third-order valence-electron chi connectivity index (χ3n) is 11.0. The number of pyridine rings is 2. The fraction of sp³-hybridized carbons (Fsp3) is 0. The Labute approximate surface area is 324 Å². The summed E-state index contributed by atoms with van der Waals surface area (Å²) in [6, 6.07) is 71.0. The van der Waals surface area contributed by atoms with Crippen LogP contribution in [0.4, 0.5) is 0 Å². The summed E-state index contributed by atoms with van der Waals surface area (Å²) in [5.41, 5.74) is 15.2. The predicted molar refractivity (Wildman–Crippen MR) is 232 cm³/mol. The van der Waals surface area contributed by atoms with E-state index in [0.717, 1.165) is 78.0 Å². The van der Waals surface area contributed by atoms with Crippen LogP contribution in [-0.4, -0.2) is 19.2 Å². The van der Waals surface area contributed by atoms with E-state index in [-0.39, 0.29) is 0 Å². The van der Waals surface area contributed by atoms with Crippen molar-refractivity contribution in [3.63, 3.8) is 0 Å². The molecule has 4 heteroatoms. The largest absolute Gasteiger partial charge is 0.309 e. The Morgan fingerprint density at radius 2 is 0.911 bits per heavy atom. The predicted octanol–water partition coefficient (Wildman–Crippen LogP) is 13.3. The summed E-state index contributed by atoms with van der Waals surface area (Å²) < 4.78 is 4.40.